The lowest BCUT2D eigenvalue weighted by Crippen LogP contribution is -2.43. The lowest BCUT2D eigenvalue weighted by atomic mass is 9.93. The van der Waals surface area contributed by atoms with E-state index in [0.29, 0.717) is 26.1 Å². The predicted octanol–water partition coefficient (Wildman–Crippen LogP) is 3.77. The summed E-state index contributed by atoms with van der Waals surface area (Å²) < 4.78 is 5.60. The Kier molecular flexibility index (Phi) is 9.08. The van der Waals surface area contributed by atoms with Gasteiger partial charge in [-0.3, -0.25) is 4.79 Å². The first-order valence-electron chi connectivity index (χ1n) is 11.6. The molecule has 1 unspecified atom stereocenters. The molecule has 6 heteroatoms. The molecule has 0 radical (unpaired) electrons. The molecule has 34 heavy (non-hydrogen) atoms. The molecule has 0 bridgehead atoms. The first kappa shape index (κ1) is 25.3. The van der Waals surface area contributed by atoms with Gasteiger partial charge in [-0.05, 0) is 61.2 Å². The zero-order valence-corrected chi connectivity index (χ0v) is 19.8. The minimum Gasteiger partial charge on any atom is -0.508 e. The van der Waals surface area contributed by atoms with Gasteiger partial charge in [-0.2, -0.15) is 0 Å². The van der Waals surface area contributed by atoms with Gasteiger partial charge in [-0.1, -0.05) is 54.6 Å². The molecule has 3 rings (SSSR count). The first-order valence-corrected chi connectivity index (χ1v) is 11.6. The fourth-order valence-corrected chi connectivity index (χ4v) is 3.73. The molecule has 6 nitrogen and oxygen atoms in total. The molecule has 0 aliphatic carbocycles. The molecular weight excluding hydrogens is 428 g/mol. The fraction of sp³-hybridized carbons (Fsp3) is 0.321. The minimum atomic E-state index is -0.666. The van der Waals surface area contributed by atoms with Gasteiger partial charge in [0.2, 0.25) is 5.91 Å². The van der Waals surface area contributed by atoms with Crippen molar-refractivity contribution in [2.24, 2.45) is 0 Å². The molecule has 0 saturated heterocycles. The fourth-order valence-electron chi connectivity index (χ4n) is 3.73. The Morgan fingerprint density at radius 1 is 0.971 bits per heavy atom. The summed E-state index contributed by atoms with van der Waals surface area (Å²) in [5.74, 6) is 0.929. The Morgan fingerprint density at radius 3 is 2.41 bits per heavy atom. The third-order valence-electron chi connectivity index (χ3n) is 5.49. The van der Waals surface area contributed by atoms with Gasteiger partial charge < -0.3 is 25.6 Å². The maximum Gasteiger partial charge on any atom is 0.224 e. The van der Waals surface area contributed by atoms with Gasteiger partial charge in [0.1, 0.15) is 18.1 Å². The Balaban J connectivity index is 1.44. The first-order chi connectivity index (χ1) is 16.3. The standard InChI is InChI=1S/C28H34N2O4/c1-28(2,30-20-26(32)23-11-13-24(31)14-12-23)19-22-8-6-7-21(17-22)18-27(33)29-15-16-34-25-9-4-3-5-10-25/h3-14,17,26,30-32H,15-16,18-20H2,1-2H3,(H,29,33). The third-order valence-corrected chi connectivity index (χ3v) is 5.49. The van der Waals surface area contributed by atoms with Crippen molar-refractivity contribution in [3.8, 4) is 11.5 Å². The number of β-amino-alcohol motifs (C(OH)–C–C–N with tert-alkyl or cyclic N) is 1. The monoisotopic (exact) mass is 462 g/mol. The Bertz CT molecular complexity index is 1040. The van der Waals surface area contributed by atoms with Crippen LogP contribution in [0.25, 0.3) is 0 Å². The van der Waals surface area contributed by atoms with Crippen LogP contribution in [0.1, 0.15) is 36.6 Å². The van der Waals surface area contributed by atoms with Crippen molar-refractivity contribution >= 4 is 5.91 Å². The largest absolute Gasteiger partial charge is 0.508 e. The third kappa shape index (κ3) is 8.54. The summed E-state index contributed by atoms with van der Waals surface area (Å²) >= 11 is 0. The number of benzene rings is 3. The van der Waals surface area contributed by atoms with Gasteiger partial charge in [0.05, 0.1) is 19.1 Å². The van der Waals surface area contributed by atoms with E-state index in [-0.39, 0.29) is 17.2 Å². The lowest BCUT2D eigenvalue weighted by Gasteiger charge is -2.28. The topological polar surface area (TPSA) is 90.8 Å². The number of nitrogens with one attached hydrogen (secondary N) is 2. The number of aromatic hydroxyl groups is 1. The molecular formula is C28H34N2O4. The molecule has 0 fully saturated rings. The smallest absolute Gasteiger partial charge is 0.224 e. The van der Waals surface area contributed by atoms with E-state index in [1.807, 2.05) is 42.5 Å². The number of amides is 1. The summed E-state index contributed by atoms with van der Waals surface area (Å²) in [6.45, 7) is 5.44. The molecule has 1 amide bonds. The number of phenols is 1. The Hall–Kier alpha value is -3.35. The van der Waals surface area contributed by atoms with Crippen LogP contribution in [0.3, 0.4) is 0 Å². The van der Waals surface area contributed by atoms with Gasteiger partial charge in [0.25, 0.3) is 0 Å². The summed E-state index contributed by atoms with van der Waals surface area (Å²) in [5, 5.41) is 26.2. The molecule has 3 aromatic rings. The normalized spacial score (nSPS) is 12.2. The number of hydrogen-bond acceptors (Lipinski definition) is 5. The second-order valence-corrected chi connectivity index (χ2v) is 9.06. The van der Waals surface area contributed by atoms with Crippen molar-refractivity contribution in [2.45, 2.75) is 38.3 Å². The Labute approximate surface area is 201 Å². The SMILES string of the molecule is CC(C)(Cc1cccc(CC(=O)NCCOc2ccccc2)c1)NCC(O)c1ccc(O)cc1. The molecule has 0 heterocycles. The number of ether oxygens (including phenoxy) is 1. The van der Waals surface area contributed by atoms with Crippen LogP contribution >= 0.6 is 0 Å². The van der Waals surface area contributed by atoms with Crippen molar-refractivity contribution in [1.82, 2.24) is 10.6 Å². The van der Waals surface area contributed by atoms with Gasteiger partial charge in [0, 0.05) is 12.1 Å². The van der Waals surface area contributed by atoms with E-state index in [1.165, 1.54) is 0 Å². The van der Waals surface area contributed by atoms with E-state index in [9.17, 15) is 15.0 Å². The highest BCUT2D eigenvalue weighted by molar-refractivity contribution is 5.78. The summed E-state index contributed by atoms with van der Waals surface area (Å²) in [5.41, 5.74) is 2.57. The molecule has 180 valence electrons. The van der Waals surface area contributed by atoms with Crippen molar-refractivity contribution in [3.05, 3.63) is 95.6 Å². The van der Waals surface area contributed by atoms with Crippen LogP contribution in [0.4, 0.5) is 0 Å². The van der Waals surface area contributed by atoms with Crippen LogP contribution < -0.4 is 15.4 Å². The van der Waals surface area contributed by atoms with Crippen LogP contribution in [0.15, 0.2) is 78.9 Å². The van der Waals surface area contributed by atoms with Crippen molar-refractivity contribution < 1.29 is 19.7 Å². The van der Waals surface area contributed by atoms with E-state index in [0.717, 1.165) is 28.9 Å². The van der Waals surface area contributed by atoms with Crippen LogP contribution in [0.2, 0.25) is 0 Å². The molecule has 0 spiro atoms. The zero-order valence-electron chi connectivity index (χ0n) is 19.8. The van der Waals surface area contributed by atoms with Crippen LogP contribution in [-0.4, -0.2) is 41.4 Å². The number of aliphatic hydroxyl groups is 1. The summed E-state index contributed by atoms with van der Waals surface area (Å²) in [4.78, 5) is 12.3. The maximum absolute atomic E-state index is 12.3. The predicted molar refractivity (Wildman–Crippen MR) is 134 cm³/mol. The van der Waals surface area contributed by atoms with Crippen LogP contribution in [-0.2, 0) is 17.6 Å². The van der Waals surface area contributed by atoms with E-state index in [1.54, 1.807) is 24.3 Å². The maximum atomic E-state index is 12.3. The van der Waals surface area contributed by atoms with E-state index in [2.05, 4.69) is 36.6 Å². The van der Waals surface area contributed by atoms with Crippen LogP contribution in [0.5, 0.6) is 11.5 Å². The second kappa shape index (κ2) is 12.2. The van der Waals surface area contributed by atoms with E-state index < -0.39 is 6.10 Å². The van der Waals surface area contributed by atoms with Gasteiger partial charge >= 0.3 is 0 Å². The average molecular weight is 463 g/mol. The summed E-state index contributed by atoms with van der Waals surface area (Å²) in [7, 11) is 0. The number of aliphatic hydroxyl groups excluding tert-OH is 1. The second-order valence-electron chi connectivity index (χ2n) is 9.06. The number of phenolic OH excluding ortho intramolecular Hbond substituents is 1. The van der Waals surface area contributed by atoms with Gasteiger partial charge in [-0.15, -0.1) is 0 Å². The molecule has 3 aromatic carbocycles. The van der Waals surface area contributed by atoms with Gasteiger partial charge in [0.15, 0.2) is 0 Å². The zero-order chi connectivity index (χ0) is 24.4. The number of carbonyl (C=O) groups excluding carboxylic acids is 1. The highest BCUT2D eigenvalue weighted by Crippen LogP contribution is 2.19. The quantitative estimate of drug-likeness (QED) is 0.308. The van der Waals surface area contributed by atoms with Crippen molar-refractivity contribution in [2.75, 3.05) is 19.7 Å². The number of rotatable bonds is 12. The lowest BCUT2D eigenvalue weighted by molar-refractivity contribution is -0.120. The minimum absolute atomic E-state index is 0.0387. The molecule has 0 aromatic heterocycles. The van der Waals surface area contributed by atoms with Crippen molar-refractivity contribution in [1.29, 1.82) is 0 Å². The summed E-state index contributed by atoms with van der Waals surface area (Å²) in [6.07, 6.45) is 0.392. The van der Waals surface area contributed by atoms with Crippen LogP contribution in [0, 0.1) is 0 Å². The molecule has 4 N–H and O–H groups in total. The highest BCUT2D eigenvalue weighted by Gasteiger charge is 2.20. The number of hydrogen-bond donors (Lipinski definition) is 4. The van der Waals surface area contributed by atoms with E-state index >= 15 is 0 Å². The van der Waals surface area contributed by atoms with Crippen molar-refractivity contribution in [3.63, 3.8) is 0 Å². The average Bonchev–Trinajstić information content (AvgIpc) is 2.81. The number of carbonyl (C=O) groups is 1. The molecule has 0 aliphatic rings. The molecule has 0 aliphatic heterocycles. The summed E-state index contributed by atoms with van der Waals surface area (Å²) in [6, 6.07) is 24.1. The highest BCUT2D eigenvalue weighted by atomic mass is 16.5. The number of para-hydroxylation sites is 1. The molecule has 1 atom stereocenters. The Morgan fingerprint density at radius 2 is 1.68 bits per heavy atom. The van der Waals surface area contributed by atoms with Gasteiger partial charge in [-0.25, -0.2) is 0 Å². The van der Waals surface area contributed by atoms with E-state index in [4.69, 9.17) is 4.74 Å². The molecule has 0 saturated carbocycles.